The maximum atomic E-state index is 12.3. The number of carbonyl (C=O) groups is 1. The van der Waals surface area contributed by atoms with Crippen LogP contribution in [-0.4, -0.2) is 25.0 Å². The van der Waals surface area contributed by atoms with Gasteiger partial charge in [-0.05, 0) is 12.6 Å². The third-order valence-corrected chi connectivity index (χ3v) is 1.81. The van der Waals surface area contributed by atoms with Crippen molar-refractivity contribution in [2.24, 2.45) is 0 Å². The number of H-pyrrole nitrogens is 1. The smallest absolute Gasteiger partial charge is 0.464 e. The van der Waals surface area contributed by atoms with Gasteiger partial charge in [0.2, 0.25) is 0 Å². The molecule has 0 aliphatic heterocycles. The largest absolute Gasteiger partial charge is 1.00 e. The van der Waals surface area contributed by atoms with E-state index in [0.717, 1.165) is 13.2 Å². The second kappa shape index (κ2) is 5.53. The molecule has 15 heavy (non-hydrogen) atoms. The van der Waals surface area contributed by atoms with Crippen molar-refractivity contribution in [3.05, 3.63) is 17.5 Å². The van der Waals surface area contributed by atoms with E-state index in [2.05, 4.69) is 9.72 Å². The summed E-state index contributed by atoms with van der Waals surface area (Å²) in [5.41, 5.74) is -1.04. The number of aromatic amines is 1. The fourth-order valence-corrected chi connectivity index (χ4v) is 1.13. The molecule has 0 bridgehead atoms. The summed E-state index contributed by atoms with van der Waals surface area (Å²) in [6.07, 6.45) is 0. The number of esters is 1. The molecular formula is C7H8BF3KNO2. The van der Waals surface area contributed by atoms with E-state index in [-0.39, 0.29) is 62.8 Å². The van der Waals surface area contributed by atoms with Crippen LogP contribution in [0.15, 0.2) is 6.07 Å². The van der Waals surface area contributed by atoms with E-state index in [1.807, 2.05) is 0 Å². The minimum atomic E-state index is -5.08. The molecule has 0 radical (unpaired) electrons. The Morgan fingerprint density at radius 3 is 2.33 bits per heavy atom. The van der Waals surface area contributed by atoms with Crippen molar-refractivity contribution >= 4 is 18.4 Å². The molecule has 1 aromatic heterocycles. The van der Waals surface area contributed by atoms with Gasteiger partial charge < -0.3 is 22.7 Å². The third-order valence-electron chi connectivity index (χ3n) is 1.81. The molecule has 1 N–H and O–H groups in total. The molecule has 0 spiro atoms. The molecule has 0 amide bonds. The Bertz CT molecular complexity index is 364. The van der Waals surface area contributed by atoms with Crippen LogP contribution in [-0.2, 0) is 4.74 Å². The minimum Gasteiger partial charge on any atom is -0.464 e. The van der Waals surface area contributed by atoms with Crippen molar-refractivity contribution in [3.63, 3.8) is 0 Å². The first-order chi connectivity index (χ1) is 6.36. The Labute approximate surface area is 127 Å². The summed E-state index contributed by atoms with van der Waals surface area (Å²) in [7, 11) is 1.11. The van der Waals surface area contributed by atoms with Gasteiger partial charge in [-0.2, -0.15) is 0 Å². The molecule has 0 saturated heterocycles. The number of aryl methyl sites for hydroxylation is 1. The average molecular weight is 245 g/mol. The van der Waals surface area contributed by atoms with Crippen LogP contribution in [0.5, 0.6) is 0 Å². The standard InChI is InChI=1S/C7H8BF3NO2.K/c1-4-5(8(9,10)11)3-6(12-4)7(13)14-2;/h3,12H,1-2H3;/q-1;+1. The van der Waals surface area contributed by atoms with Crippen LogP contribution >= 0.6 is 0 Å². The first-order valence-corrected chi connectivity index (χ1v) is 3.84. The number of carbonyl (C=O) groups excluding carboxylic acids is 1. The Hall–Kier alpha value is 0.241. The Morgan fingerprint density at radius 2 is 2.00 bits per heavy atom. The quantitative estimate of drug-likeness (QED) is 0.492. The molecular weight excluding hydrogens is 237 g/mol. The van der Waals surface area contributed by atoms with Gasteiger partial charge in [-0.1, -0.05) is 11.5 Å². The van der Waals surface area contributed by atoms with Crippen LogP contribution < -0.4 is 56.8 Å². The molecule has 0 saturated carbocycles. The second-order valence-corrected chi connectivity index (χ2v) is 2.83. The first kappa shape index (κ1) is 15.2. The molecule has 0 aliphatic carbocycles. The van der Waals surface area contributed by atoms with Gasteiger partial charge in [-0.15, -0.1) is 0 Å². The van der Waals surface area contributed by atoms with Crippen LogP contribution in [0.2, 0.25) is 0 Å². The number of halogens is 3. The summed E-state index contributed by atoms with van der Waals surface area (Å²) in [5.74, 6) is -0.806. The van der Waals surface area contributed by atoms with Gasteiger partial charge in [0, 0.05) is 0 Å². The van der Waals surface area contributed by atoms with Crippen molar-refractivity contribution < 1.29 is 73.9 Å². The number of aromatic nitrogens is 1. The number of hydrogen-bond acceptors (Lipinski definition) is 2. The molecule has 1 heterocycles. The van der Waals surface area contributed by atoms with Crippen LogP contribution in [0, 0.1) is 6.92 Å². The molecule has 1 aromatic rings. The number of nitrogens with one attached hydrogen (secondary N) is 1. The summed E-state index contributed by atoms with van der Waals surface area (Å²) in [4.78, 5) is 13.2. The maximum Gasteiger partial charge on any atom is 1.00 e. The zero-order chi connectivity index (χ0) is 10.9. The first-order valence-electron chi connectivity index (χ1n) is 3.84. The van der Waals surface area contributed by atoms with Crippen LogP contribution in [0.1, 0.15) is 16.2 Å². The van der Waals surface area contributed by atoms with Gasteiger partial charge in [0.15, 0.2) is 0 Å². The molecule has 0 aliphatic rings. The molecule has 8 heteroatoms. The van der Waals surface area contributed by atoms with E-state index in [9.17, 15) is 17.7 Å². The molecule has 3 nitrogen and oxygen atoms in total. The molecule has 0 fully saturated rings. The van der Waals surface area contributed by atoms with Gasteiger partial charge in [0.1, 0.15) is 5.69 Å². The van der Waals surface area contributed by atoms with Crippen LogP contribution in [0.4, 0.5) is 12.9 Å². The van der Waals surface area contributed by atoms with Gasteiger partial charge in [-0.25, -0.2) is 4.79 Å². The predicted molar refractivity (Wildman–Crippen MR) is 45.6 cm³/mol. The number of methoxy groups -OCH3 is 1. The van der Waals surface area contributed by atoms with Gasteiger partial charge >= 0.3 is 64.3 Å². The van der Waals surface area contributed by atoms with Crippen LogP contribution in [0.3, 0.4) is 0 Å². The average Bonchev–Trinajstić information content (AvgIpc) is 2.45. The van der Waals surface area contributed by atoms with Crippen molar-refractivity contribution in [2.45, 2.75) is 6.92 Å². The zero-order valence-electron chi connectivity index (χ0n) is 8.61. The van der Waals surface area contributed by atoms with Crippen molar-refractivity contribution in [2.75, 3.05) is 7.11 Å². The molecule has 0 unspecified atom stereocenters. The maximum absolute atomic E-state index is 12.3. The van der Waals surface area contributed by atoms with E-state index in [1.165, 1.54) is 6.92 Å². The fourth-order valence-electron chi connectivity index (χ4n) is 1.13. The summed E-state index contributed by atoms with van der Waals surface area (Å²) < 4.78 is 41.2. The normalized spacial score (nSPS) is 10.7. The van der Waals surface area contributed by atoms with Crippen molar-refractivity contribution in [3.8, 4) is 0 Å². The summed E-state index contributed by atoms with van der Waals surface area (Å²) in [5, 5.41) is 0. The van der Waals surface area contributed by atoms with Gasteiger partial charge in [0.05, 0.1) is 7.11 Å². The van der Waals surface area contributed by atoms with Gasteiger partial charge in [0.25, 0.3) is 0 Å². The minimum absolute atomic E-state index is 0. The zero-order valence-corrected chi connectivity index (χ0v) is 11.7. The molecule has 78 valence electrons. The summed E-state index contributed by atoms with van der Waals surface area (Å²) >= 11 is 0. The molecule has 0 aromatic carbocycles. The Kier molecular flexibility index (Phi) is 5.62. The number of ether oxygens (including phenoxy) is 1. The van der Waals surface area contributed by atoms with E-state index < -0.39 is 18.4 Å². The monoisotopic (exact) mass is 245 g/mol. The topological polar surface area (TPSA) is 42.1 Å². The Morgan fingerprint density at radius 1 is 1.47 bits per heavy atom. The van der Waals surface area contributed by atoms with Crippen molar-refractivity contribution in [1.82, 2.24) is 4.98 Å². The SMILES string of the molecule is COC(=O)c1cc([B-](F)(F)F)c(C)[nH]1.[K+]. The van der Waals surface area contributed by atoms with E-state index in [0.29, 0.717) is 0 Å². The second-order valence-electron chi connectivity index (χ2n) is 2.83. The summed E-state index contributed by atoms with van der Waals surface area (Å²) in [6, 6.07) is 0.765. The van der Waals surface area contributed by atoms with Crippen LogP contribution in [0.25, 0.3) is 0 Å². The predicted octanol–water partition coefficient (Wildman–Crippen LogP) is -1.83. The van der Waals surface area contributed by atoms with E-state index in [1.54, 1.807) is 0 Å². The molecule has 1 rings (SSSR count). The van der Waals surface area contributed by atoms with E-state index >= 15 is 0 Å². The van der Waals surface area contributed by atoms with E-state index in [4.69, 9.17) is 0 Å². The number of rotatable bonds is 2. The Balaban J connectivity index is 0.00000196. The molecule has 0 atom stereocenters. The fraction of sp³-hybridized carbons (Fsp3) is 0.286. The summed E-state index contributed by atoms with van der Waals surface area (Å²) in [6.45, 7) is -3.82. The van der Waals surface area contributed by atoms with Crippen molar-refractivity contribution in [1.29, 1.82) is 0 Å². The number of hydrogen-bond donors (Lipinski definition) is 1. The van der Waals surface area contributed by atoms with Gasteiger partial charge in [-0.3, -0.25) is 0 Å². The third kappa shape index (κ3) is 3.63.